The maximum atomic E-state index is 12.8. The van der Waals surface area contributed by atoms with Crippen molar-refractivity contribution < 1.29 is 18.0 Å². The Morgan fingerprint density at radius 3 is 2.56 bits per heavy atom. The number of rotatable bonds is 3. The van der Waals surface area contributed by atoms with Gasteiger partial charge in [0.05, 0.1) is 5.56 Å². The number of unbranched alkanes of at least 4 members (excludes halogenated alkanes) is 1. The zero-order valence-corrected chi connectivity index (χ0v) is 10.2. The van der Waals surface area contributed by atoms with Crippen LogP contribution in [0.4, 0.5) is 13.2 Å². The lowest BCUT2D eigenvalue weighted by Crippen LogP contribution is -2.08. The molecule has 0 aliphatic heterocycles. The number of fused-ring (bicyclic) bond motifs is 1. The van der Waals surface area contributed by atoms with Gasteiger partial charge in [0.15, 0.2) is 0 Å². The lowest BCUT2D eigenvalue weighted by molar-refractivity contribution is -0.137. The van der Waals surface area contributed by atoms with E-state index in [-0.39, 0.29) is 12.2 Å². The van der Waals surface area contributed by atoms with Gasteiger partial charge in [0.2, 0.25) is 0 Å². The summed E-state index contributed by atoms with van der Waals surface area (Å²) in [5, 5.41) is 0. The first-order chi connectivity index (χ1) is 8.41. The van der Waals surface area contributed by atoms with Crippen molar-refractivity contribution in [3.8, 4) is 0 Å². The van der Waals surface area contributed by atoms with Gasteiger partial charge in [-0.05, 0) is 41.7 Å². The molecule has 0 saturated heterocycles. The Kier molecular flexibility index (Phi) is 3.46. The number of hydrogen-bond acceptors (Lipinski definition) is 1. The van der Waals surface area contributed by atoms with Crippen LogP contribution in [0.5, 0.6) is 0 Å². The number of carbonyl (C=O) groups is 1. The average Bonchev–Trinajstić information content (AvgIpc) is 2.64. The second-order valence-corrected chi connectivity index (χ2v) is 4.77. The molecule has 2 rings (SSSR count). The SMILES string of the molecule is CCCCc1cc(C(F)(F)F)cc2c1CC(=O)C2. The van der Waals surface area contributed by atoms with Crippen LogP contribution in [0.1, 0.15) is 42.0 Å². The number of alkyl halides is 3. The summed E-state index contributed by atoms with van der Waals surface area (Å²) in [5.41, 5.74) is 1.48. The molecule has 98 valence electrons. The highest BCUT2D eigenvalue weighted by molar-refractivity contribution is 5.88. The summed E-state index contributed by atoms with van der Waals surface area (Å²) >= 11 is 0. The van der Waals surface area contributed by atoms with Gasteiger partial charge < -0.3 is 0 Å². The molecule has 4 heteroatoms. The lowest BCUT2D eigenvalue weighted by atomic mass is 9.96. The Bertz CT molecular complexity index is 475. The number of ketones is 1. The van der Waals surface area contributed by atoms with E-state index in [1.165, 1.54) is 6.07 Å². The Labute approximate surface area is 104 Å². The van der Waals surface area contributed by atoms with E-state index in [1.54, 1.807) is 0 Å². The van der Waals surface area contributed by atoms with Gasteiger partial charge >= 0.3 is 6.18 Å². The number of carbonyl (C=O) groups excluding carboxylic acids is 1. The molecule has 0 unspecified atom stereocenters. The van der Waals surface area contributed by atoms with Crippen LogP contribution in [0.25, 0.3) is 0 Å². The van der Waals surface area contributed by atoms with E-state index in [2.05, 4.69) is 0 Å². The third-order valence-electron chi connectivity index (χ3n) is 3.32. The number of halogens is 3. The molecule has 0 amide bonds. The molecule has 0 atom stereocenters. The molecule has 1 nitrogen and oxygen atoms in total. The number of aryl methyl sites for hydroxylation is 1. The Morgan fingerprint density at radius 2 is 1.94 bits per heavy atom. The highest BCUT2D eigenvalue weighted by Crippen LogP contribution is 2.35. The molecule has 1 aliphatic carbocycles. The molecule has 0 fully saturated rings. The average molecular weight is 256 g/mol. The predicted molar refractivity (Wildman–Crippen MR) is 62.5 cm³/mol. The fourth-order valence-electron chi connectivity index (χ4n) is 2.41. The van der Waals surface area contributed by atoms with Crippen LogP contribution in [0.15, 0.2) is 12.1 Å². The van der Waals surface area contributed by atoms with Gasteiger partial charge in [-0.3, -0.25) is 4.79 Å². The summed E-state index contributed by atoms with van der Waals surface area (Å²) in [6.07, 6.45) is -1.48. The first kappa shape index (κ1) is 13.1. The van der Waals surface area contributed by atoms with Gasteiger partial charge in [-0.1, -0.05) is 13.3 Å². The molecule has 0 saturated carbocycles. The van der Waals surface area contributed by atoms with E-state index in [4.69, 9.17) is 0 Å². The van der Waals surface area contributed by atoms with Crippen LogP contribution in [0.3, 0.4) is 0 Å². The molecule has 1 aromatic carbocycles. The van der Waals surface area contributed by atoms with E-state index in [1.807, 2.05) is 6.92 Å². The second kappa shape index (κ2) is 4.75. The standard InChI is InChI=1S/C14H15F3O/c1-2-3-4-9-5-11(14(15,16)17)6-10-7-12(18)8-13(9)10/h5-6H,2-4,7-8H2,1H3. The molecular formula is C14H15F3O. The predicted octanol–water partition coefficient (Wildman–Crippen LogP) is 3.72. The van der Waals surface area contributed by atoms with Crippen molar-refractivity contribution in [3.63, 3.8) is 0 Å². The molecule has 1 aliphatic rings. The largest absolute Gasteiger partial charge is 0.416 e. The molecule has 0 radical (unpaired) electrons. The van der Waals surface area contributed by atoms with E-state index in [0.29, 0.717) is 24.0 Å². The zero-order chi connectivity index (χ0) is 13.3. The van der Waals surface area contributed by atoms with Gasteiger partial charge in [-0.25, -0.2) is 0 Å². The van der Waals surface area contributed by atoms with Gasteiger partial charge in [0.1, 0.15) is 5.78 Å². The topological polar surface area (TPSA) is 17.1 Å². The number of Topliss-reactive ketones (excluding diaryl/α,β-unsaturated/α-hetero) is 1. The molecule has 0 heterocycles. The van der Waals surface area contributed by atoms with E-state index >= 15 is 0 Å². The molecular weight excluding hydrogens is 241 g/mol. The van der Waals surface area contributed by atoms with Crippen LogP contribution in [-0.4, -0.2) is 5.78 Å². The molecule has 0 aromatic heterocycles. The summed E-state index contributed by atoms with van der Waals surface area (Å²) in [4.78, 5) is 11.4. The van der Waals surface area contributed by atoms with Crippen molar-refractivity contribution in [1.29, 1.82) is 0 Å². The third kappa shape index (κ3) is 2.57. The first-order valence-corrected chi connectivity index (χ1v) is 6.15. The summed E-state index contributed by atoms with van der Waals surface area (Å²) < 4.78 is 38.3. The van der Waals surface area contributed by atoms with Crippen molar-refractivity contribution in [1.82, 2.24) is 0 Å². The van der Waals surface area contributed by atoms with Crippen LogP contribution >= 0.6 is 0 Å². The molecule has 1 aromatic rings. The van der Waals surface area contributed by atoms with Crippen LogP contribution in [0.2, 0.25) is 0 Å². The van der Waals surface area contributed by atoms with Crippen molar-refractivity contribution >= 4 is 5.78 Å². The van der Waals surface area contributed by atoms with Crippen LogP contribution in [0, 0.1) is 0 Å². The Morgan fingerprint density at radius 1 is 1.22 bits per heavy atom. The van der Waals surface area contributed by atoms with Crippen LogP contribution < -0.4 is 0 Å². The van der Waals surface area contributed by atoms with E-state index in [0.717, 1.165) is 24.5 Å². The number of benzene rings is 1. The van der Waals surface area contributed by atoms with E-state index in [9.17, 15) is 18.0 Å². The van der Waals surface area contributed by atoms with Crippen molar-refractivity contribution in [2.24, 2.45) is 0 Å². The number of hydrogen-bond donors (Lipinski definition) is 0. The molecule has 0 bridgehead atoms. The van der Waals surface area contributed by atoms with Gasteiger partial charge in [-0.15, -0.1) is 0 Å². The summed E-state index contributed by atoms with van der Waals surface area (Å²) in [7, 11) is 0. The van der Waals surface area contributed by atoms with Crippen molar-refractivity contribution in [2.45, 2.75) is 45.2 Å². The molecule has 0 N–H and O–H groups in total. The molecule has 0 spiro atoms. The van der Waals surface area contributed by atoms with Gasteiger partial charge in [0.25, 0.3) is 0 Å². The second-order valence-electron chi connectivity index (χ2n) is 4.77. The summed E-state index contributed by atoms with van der Waals surface area (Å²) in [5.74, 6) is 0.0158. The minimum absolute atomic E-state index is 0.0158. The zero-order valence-electron chi connectivity index (χ0n) is 10.2. The van der Waals surface area contributed by atoms with E-state index < -0.39 is 11.7 Å². The quantitative estimate of drug-likeness (QED) is 0.805. The first-order valence-electron chi connectivity index (χ1n) is 6.15. The van der Waals surface area contributed by atoms with Gasteiger partial charge in [0, 0.05) is 12.8 Å². The van der Waals surface area contributed by atoms with Crippen molar-refractivity contribution in [2.75, 3.05) is 0 Å². The highest BCUT2D eigenvalue weighted by Gasteiger charge is 2.33. The fraction of sp³-hybridized carbons (Fsp3) is 0.500. The van der Waals surface area contributed by atoms with Gasteiger partial charge in [-0.2, -0.15) is 13.2 Å². The normalized spacial score (nSPS) is 15.0. The summed E-state index contributed by atoms with van der Waals surface area (Å²) in [6, 6.07) is 2.35. The Hall–Kier alpha value is -1.32. The minimum Gasteiger partial charge on any atom is -0.299 e. The fourth-order valence-corrected chi connectivity index (χ4v) is 2.41. The maximum absolute atomic E-state index is 12.8. The molecule has 18 heavy (non-hydrogen) atoms. The maximum Gasteiger partial charge on any atom is 0.416 e. The lowest BCUT2D eigenvalue weighted by Gasteiger charge is -2.13. The van der Waals surface area contributed by atoms with Crippen molar-refractivity contribution in [3.05, 3.63) is 34.4 Å². The Balaban J connectivity index is 2.44. The summed E-state index contributed by atoms with van der Waals surface area (Å²) in [6.45, 7) is 2.00. The smallest absolute Gasteiger partial charge is 0.299 e. The highest BCUT2D eigenvalue weighted by atomic mass is 19.4. The minimum atomic E-state index is -4.33. The van der Waals surface area contributed by atoms with Crippen LogP contribution in [-0.2, 0) is 30.2 Å². The monoisotopic (exact) mass is 256 g/mol. The third-order valence-corrected chi connectivity index (χ3v) is 3.32.